The largest absolute Gasteiger partial charge is 0.378 e. The van der Waals surface area contributed by atoms with Crippen molar-refractivity contribution in [3.05, 3.63) is 78.1 Å². The molecule has 0 unspecified atom stereocenters. The fourth-order valence-corrected chi connectivity index (χ4v) is 3.78. The van der Waals surface area contributed by atoms with Gasteiger partial charge >= 0.3 is 0 Å². The zero-order valence-electron chi connectivity index (χ0n) is 19.7. The van der Waals surface area contributed by atoms with Crippen molar-refractivity contribution >= 4 is 23.1 Å². The highest BCUT2D eigenvalue weighted by molar-refractivity contribution is 5.69. The van der Waals surface area contributed by atoms with Gasteiger partial charge in [0, 0.05) is 30.5 Å². The number of nitrogens with zero attached hydrogens (tertiary/aromatic N) is 8. The number of azo groups is 1. The van der Waals surface area contributed by atoms with Crippen molar-refractivity contribution in [1.29, 1.82) is 0 Å². The Morgan fingerprint density at radius 3 is 2.72 bits per heavy atom. The van der Waals surface area contributed by atoms with Crippen LogP contribution in [0.1, 0.15) is 11.3 Å². The number of nitrogens with one attached hydrogen (secondary N) is 1. The van der Waals surface area contributed by atoms with Crippen LogP contribution < -0.4 is 10.2 Å². The minimum absolute atomic E-state index is 0.106. The van der Waals surface area contributed by atoms with E-state index in [1.807, 2.05) is 42.2 Å². The Morgan fingerprint density at radius 2 is 1.94 bits per heavy atom. The van der Waals surface area contributed by atoms with Gasteiger partial charge in [-0.25, -0.2) is 9.37 Å². The number of halogens is 1. The molecule has 11 heteroatoms. The summed E-state index contributed by atoms with van der Waals surface area (Å²) in [6.07, 6.45) is 4.51. The van der Waals surface area contributed by atoms with Gasteiger partial charge in [0.1, 0.15) is 6.54 Å². The molecule has 0 saturated carbocycles. The van der Waals surface area contributed by atoms with Crippen LogP contribution in [0.2, 0.25) is 0 Å². The van der Waals surface area contributed by atoms with Gasteiger partial charge in [0.15, 0.2) is 11.6 Å². The van der Waals surface area contributed by atoms with Crippen LogP contribution in [-0.2, 0) is 11.3 Å². The van der Waals surface area contributed by atoms with Crippen LogP contribution in [0.3, 0.4) is 0 Å². The molecule has 0 bridgehead atoms. The maximum Gasteiger partial charge on any atom is 0.270 e. The first-order valence-corrected chi connectivity index (χ1v) is 11.5. The van der Waals surface area contributed by atoms with Crippen molar-refractivity contribution in [2.45, 2.75) is 13.5 Å². The Bertz CT molecular complexity index is 1340. The zero-order valence-corrected chi connectivity index (χ0v) is 19.7. The summed E-state index contributed by atoms with van der Waals surface area (Å²) in [5, 5.41) is 19.7. The zero-order chi connectivity index (χ0) is 24.7. The van der Waals surface area contributed by atoms with Crippen LogP contribution in [0.5, 0.6) is 0 Å². The second-order valence-corrected chi connectivity index (χ2v) is 8.20. The molecule has 1 fully saturated rings. The molecular weight excluding hydrogens is 461 g/mol. The summed E-state index contributed by atoms with van der Waals surface area (Å²) in [5.41, 5.74) is 5.38. The van der Waals surface area contributed by atoms with E-state index in [2.05, 4.69) is 52.8 Å². The number of anilines is 3. The van der Waals surface area contributed by atoms with E-state index in [1.54, 1.807) is 12.4 Å². The first-order valence-electron chi connectivity index (χ1n) is 11.5. The second kappa shape index (κ2) is 10.9. The van der Waals surface area contributed by atoms with Gasteiger partial charge in [-0.3, -0.25) is 4.98 Å². The normalized spacial score (nSPS) is 13.8. The quantitative estimate of drug-likeness (QED) is 0.377. The molecule has 0 aliphatic carbocycles. The molecule has 10 nitrogen and oxygen atoms in total. The minimum Gasteiger partial charge on any atom is -0.378 e. The average Bonchev–Trinajstić information content (AvgIpc) is 2.91. The van der Waals surface area contributed by atoms with E-state index in [9.17, 15) is 4.39 Å². The summed E-state index contributed by atoms with van der Waals surface area (Å²) in [6, 6.07) is 13.7. The van der Waals surface area contributed by atoms with Crippen molar-refractivity contribution in [3.8, 4) is 11.3 Å². The minimum atomic E-state index is -0.488. The third kappa shape index (κ3) is 5.81. The van der Waals surface area contributed by atoms with Gasteiger partial charge in [-0.1, -0.05) is 0 Å². The highest BCUT2D eigenvalue weighted by Crippen LogP contribution is 2.25. The summed E-state index contributed by atoms with van der Waals surface area (Å²) < 4.78 is 19.5. The molecule has 1 aliphatic heterocycles. The maximum atomic E-state index is 14.2. The summed E-state index contributed by atoms with van der Waals surface area (Å²) in [6.45, 7) is 4.48. The van der Waals surface area contributed by atoms with Gasteiger partial charge in [-0.15, -0.1) is 5.11 Å². The summed E-state index contributed by atoms with van der Waals surface area (Å²) in [7, 11) is 0. The van der Waals surface area contributed by atoms with E-state index < -0.39 is 5.82 Å². The molecule has 5 rings (SSSR count). The van der Waals surface area contributed by atoms with Crippen LogP contribution in [0, 0.1) is 12.7 Å². The summed E-state index contributed by atoms with van der Waals surface area (Å²) in [4.78, 5) is 14.4. The molecule has 1 N–H and O–H groups in total. The van der Waals surface area contributed by atoms with E-state index >= 15 is 0 Å². The third-order valence-corrected chi connectivity index (χ3v) is 5.48. The van der Waals surface area contributed by atoms with Crippen LogP contribution in [0.25, 0.3) is 11.3 Å². The van der Waals surface area contributed by atoms with Crippen molar-refractivity contribution in [3.63, 3.8) is 0 Å². The predicted octanol–water partition coefficient (Wildman–Crippen LogP) is 4.64. The first kappa shape index (κ1) is 23.4. The van der Waals surface area contributed by atoms with E-state index in [0.29, 0.717) is 26.3 Å². The lowest BCUT2D eigenvalue weighted by Gasteiger charge is -2.27. The fraction of sp³-hybridized carbons (Fsp3) is 0.240. The molecule has 36 heavy (non-hydrogen) atoms. The van der Waals surface area contributed by atoms with Gasteiger partial charge < -0.3 is 15.0 Å². The Labute approximate surface area is 207 Å². The molecule has 4 heterocycles. The SMILES string of the molecule is Cc1cc(Nc2ccc(CN=Nc3ncc(F)c(N4CCOCC4)n3)nc2)cc(-c2cccnn2)c1. The number of ether oxygens (including phenoxy) is 1. The summed E-state index contributed by atoms with van der Waals surface area (Å²) in [5.74, 6) is -0.165. The number of aromatic nitrogens is 5. The number of benzene rings is 1. The molecule has 182 valence electrons. The number of morpholine rings is 1. The maximum absolute atomic E-state index is 14.2. The standard InChI is InChI=1S/C25H24FN9O/c1-17-11-18(23-3-2-6-29-33-23)13-21(12-17)31-20-5-4-19(27-14-20)15-30-34-25-28-16-22(26)24(32-25)35-7-9-36-10-8-35/h2-6,11-14,16,31H,7-10,15H2,1H3. The second-order valence-electron chi connectivity index (χ2n) is 8.20. The van der Waals surface area contributed by atoms with Crippen molar-refractivity contribution < 1.29 is 9.13 Å². The number of pyridine rings is 1. The number of rotatable bonds is 7. The Morgan fingerprint density at radius 1 is 1.06 bits per heavy atom. The molecule has 4 aromatic rings. The molecule has 0 atom stereocenters. The van der Waals surface area contributed by atoms with Gasteiger partial charge in [0.2, 0.25) is 0 Å². The van der Waals surface area contributed by atoms with E-state index in [0.717, 1.165) is 40.1 Å². The number of aryl methyl sites for hydroxylation is 1. The predicted molar refractivity (Wildman–Crippen MR) is 133 cm³/mol. The lowest BCUT2D eigenvalue weighted by atomic mass is 10.1. The molecule has 0 amide bonds. The molecule has 0 spiro atoms. The Balaban J connectivity index is 1.22. The van der Waals surface area contributed by atoms with Crippen molar-refractivity contribution in [2.75, 3.05) is 36.5 Å². The van der Waals surface area contributed by atoms with Crippen LogP contribution in [0.15, 0.2) is 71.3 Å². The number of hydrogen-bond donors (Lipinski definition) is 1. The lowest BCUT2D eigenvalue weighted by molar-refractivity contribution is 0.122. The summed E-state index contributed by atoms with van der Waals surface area (Å²) >= 11 is 0. The average molecular weight is 486 g/mol. The molecule has 3 aromatic heterocycles. The monoisotopic (exact) mass is 485 g/mol. The first-order chi connectivity index (χ1) is 17.6. The van der Waals surface area contributed by atoms with Gasteiger partial charge in [-0.2, -0.15) is 20.3 Å². The van der Waals surface area contributed by atoms with Gasteiger partial charge in [0.25, 0.3) is 5.95 Å². The topological polar surface area (TPSA) is 114 Å². The molecule has 1 saturated heterocycles. The molecule has 0 radical (unpaired) electrons. The molecule has 1 aliphatic rings. The smallest absolute Gasteiger partial charge is 0.270 e. The Hall–Kier alpha value is -4.38. The van der Waals surface area contributed by atoms with Gasteiger partial charge in [0.05, 0.1) is 42.7 Å². The van der Waals surface area contributed by atoms with E-state index in [1.165, 1.54) is 0 Å². The third-order valence-electron chi connectivity index (χ3n) is 5.48. The van der Waals surface area contributed by atoms with Crippen LogP contribution in [-0.4, -0.2) is 51.5 Å². The van der Waals surface area contributed by atoms with Gasteiger partial charge in [-0.05, 0) is 55.0 Å². The van der Waals surface area contributed by atoms with Crippen molar-refractivity contribution in [1.82, 2.24) is 25.1 Å². The highest BCUT2D eigenvalue weighted by atomic mass is 19.1. The fourth-order valence-electron chi connectivity index (χ4n) is 3.78. The van der Waals surface area contributed by atoms with E-state index in [4.69, 9.17) is 4.74 Å². The van der Waals surface area contributed by atoms with E-state index in [-0.39, 0.29) is 18.3 Å². The number of hydrogen-bond acceptors (Lipinski definition) is 10. The Kier molecular flexibility index (Phi) is 7.08. The van der Waals surface area contributed by atoms with Crippen LogP contribution in [0.4, 0.5) is 27.5 Å². The van der Waals surface area contributed by atoms with Crippen LogP contribution >= 0.6 is 0 Å². The molecule has 1 aromatic carbocycles. The molecular formula is C25H24FN9O. The highest BCUT2D eigenvalue weighted by Gasteiger charge is 2.17. The lowest BCUT2D eigenvalue weighted by Crippen LogP contribution is -2.37. The van der Waals surface area contributed by atoms with Crippen molar-refractivity contribution in [2.24, 2.45) is 10.2 Å².